The molecule has 2 N–H and O–H groups in total. The van der Waals surface area contributed by atoms with Crippen LogP contribution in [0.2, 0.25) is 0 Å². The minimum atomic E-state index is 0.503. The van der Waals surface area contributed by atoms with E-state index >= 15 is 0 Å². The first-order chi connectivity index (χ1) is 13.7. The van der Waals surface area contributed by atoms with Crippen molar-refractivity contribution in [1.29, 1.82) is 0 Å². The van der Waals surface area contributed by atoms with Crippen LogP contribution in [0.15, 0.2) is 33.7 Å². The molecule has 1 aromatic heterocycles. The predicted octanol–water partition coefficient (Wildman–Crippen LogP) is 4.20. The lowest BCUT2D eigenvalue weighted by atomic mass is 9.92. The SMILES string of the molecule is CN=C(NCc1oc2ccccc2c1C)NC1CCN(C2CCCCC2)CC1. The molecule has 2 aromatic rings. The predicted molar refractivity (Wildman–Crippen MR) is 116 cm³/mol. The van der Waals surface area contributed by atoms with E-state index in [-0.39, 0.29) is 0 Å². The van der Waals surface area contributed by atoms with Gasteiger partial charge in [-0.05, 0) is 38.7 Å². The molecule has 0 amide bonds. The zero-order valence-electron chi connectivity index (χ0n) is 17.3. The van der Waals surface area contributed by atoms with Gasteiger partial charge in [-0.25, -0.2) is 0 Å². The molecule has 1 aliphatic carbocycles. The number of hydrogen-bond donors (Lipinski definition) is 2. The number of rotatable bonds is 4. The first-order valence-electron chi connectivity index (χ1n) is 10.9. The topological polar surface area (TPSA) is 52.8 Å². The maximum atomic E-state index is 6.01. The number of likely N-dealkylation sites (tertiary alicyclic amines) is 1. The van der Waals surface area contributed by atoms with E-state index in [1.807, 2.05) is 19.2 Å². The van der Waals surface area contributed by atoms with Gasteiger partial charge in [0, 0.05) is 43.2 Å². The van der Waals surface area contributed by atoms with Gasteiger partial charge in [-0.2, -0.15) is 0 Å². The number of guanidine groups is 1. The molecule has 28 heavy (non-hydrogen) atoms. The fourth-order valence-corrected chi connectivity index (χ4v) is 4.80. The van der Waals surface area contributed by atoms with E-state index in [1.165, 1.54) is 69.0 Å². The van der Waals surface area contributed by atoms with E-state index in [0.29, 0.717) is 12.6 Å². The van der Waals surface area contributed by atoms with Crippen molar-refractivity contribution < 1.29 is 4.42 Å². The summed E-state index contributed by atoms with van der Waals surface area (Å²) in [6.07, 6.45) is 9.46. The van der Waals surface area contributed by atoms with Crippen LogP contribution in [0.1, 0.15) is 56.3 Å². The van der Waals surface area contributed by atoms with Crippen molar-refractivity contribution in [2.75, 3.05) is 20.1 Å². The largest absolute Gasteiger partial charge is 0.459 e. The van der Waals surface area contributed by atoms with E-state index < -0.39 is 0 Å². The fraction of sp³-hybridized carbons (Fsp3) is 0.609. The first-order valence-corrected chi connectivity index (χ1v) is 10.9. The average molecular weight is 383 g/mol. The van der Waals surface area contributed by atoms with E-state index in [1.54, 1.807) is 0 Å². The summed E-state index contributed by atoms with van der Waals surface area (Å²) in [4.78, 5) is 7.16. The van der Waals surface area contributed by atoms with Gasteiger partial charge < -0.3 is 20.0 Å². The normalized spacial score (nSPS) is 20.6. The van der Waals surface area contributed by atoms with Crippen molar-refractivity contribution in [3.8, 4) is 0 Å². The summed E-state index contributed by atoms with van der Waals surface area (Å²) in [6.45, 7) is 5.20. The van der Waals surface area contributed by atoms with Gasteiger partial charge in [-0.15, -0.1) is 0 Å². The van der Waals surface area contributed by atoms with Gasteiger partial charge in [0.05, 0.1) is 6.54 Å². The molecule has 0 atom stereocenters. The number of para-hydroxylation sites is 1. The Balaban J connectivity index is 1.27. The van der Waals surface area contributed by atoms with Crippen molar-refractivity contribution in [2.24, 2.45) is 4.99 Å². The third-order valence-corrected chi connectivity index (χ3v) is 6.54. The van der Waals surface area contributed by atoms with E-state index in [4.69, 9.17) is 4.42 Å². The van der Waals surface area contributed by atoms with Crippen LogP contribution in [0, 0.1) is 6.92 Å². The quantitative estimate of drug-likeness (QED) is 0.615. The molecule has 2 heterocycles. The number of benzene rings is 1. The third kappa shape index (κ3) is 4.35. The van der Waals surface area contributed by atoms with Crippen molar-refractivity contribution in [2.45, 2.75) is 70.5 Å². The number of nitrogens with one attached hydrogen (secondary N) is 2. The van der Waals surface area contributed by atoms with Crippen LogP contribution in [0.4, 0.5) is 0 Å². The lowest BCUT2D eigenvalue weighted by Gasteiger charge is -2.39. The highest BCUT2D eigenvalue weighted by molar-refractivity contribution is 5.83. The number of aryl methyl sites for hydroxylation is 1. The Labute approximate surface area is 168 Å². The molecule has 0 unspecified atom stereocenters. The van der Waals surface area contributed by atoms with Gasteiger partial charge in [0.15, 0.2) is 5.96 Å². The molecule has 2 fully saturated rings. The van der Waals surface area contributed by atoms with Crippen molar-refractivity contribution in [3.05, 3.63) is 35.6 Å². The van der Waals surface area contributed by atoms with Gasteiger partial charge >= 0.3 is 0 Å². The Morgan fingerprint density at radius 2 is 1.86 bits per heavy atom. The smallest absolute Gasteiger partial charge is 0.191 e. The summed E-state index contributed by atoms with van der Waals surface area (Å²) >= 11 is 0. The standard InChI is InChI=1S/C23H34N4O/c1-17-20-10-6-7-11-21(20)28-22(17)16-25-23(24-2)26-18-12-14-27(15-13-18)19-8-4-3-5-9-19/h6-7,10-11,18-19H,3-5,8-9,12-16H2,1-2H3,(H2,24,25,26). The molecule has 152 valence electrons. The maximum Gasteiger partial charge on any atom is 0.191 e. The van der Waals surface area contributed by atoms with Gasteiger partial charge in [0.2, 0.25) is 0 Å². The highest BCUT2D eigenvalue weighted by atomic mass is 16.3. The third-order valence-electron chi connectivity index (χ3n) is 6.54. The zero-order chi connectivity index (χ0) is 19.3. The molecule has 0 spiro atoms. The summed E-state index contributed by atoms with van der Waals surface area (Å²) in [7, 11) is 1.85. The Bertz CT molecular complexity index is 798. The van der Waals surface area contributed by atoms with Crippen molar-refractivity contribution >= 4 is 16.9 Å². The molecule has 0 radical (unpaired) electrons. The average Bonchev–Trinajstić information content (AvgIpc) is 3.08. The molecule has 4 rings (SSSR count). The fourth-order valence-electron chi connectivity index (χ4n) is 4.80. The highest BCUT2D eigenvalue weighted by Gasteiger charge is 2.26. The van der Waals surface area contributed by atoms with E-state index in [0.717, 1.165) is 23.3 Å². The number of piperidine rings is 1. The number of aliphatic imine (C=N–C) groups is 1. The van der Waals surface area contributed by atoms with Crippen molar-refractivity contribution in [3.63, 3.8) is 0 Å². The van der Waals surface area contributed by atoms with Crippen LogP contribution >= 0.6 is 0 Å². The van der Waals surface area contributed by atoms with Gasteiger partial charge in [0.25, 0.3) is 0 Å². The summed E-state index contributed by atoms with van der Waals surface area (Å²) in [6, 6.07) is 9.56. The number of nitrogens with zero attached hydrogens (tertiary/aromatic N) is 2. The van der Waals surface area contributed by atoms with E-state index in [2.05, 4.69) is 39.6 Å². The summed E-state index contributed by atoms with van der Waals surface area (Å²) in [5, 5.41) is 8.26. The minimum absolute atomic E-state index is 0.503. The molecular weight excluding hydrogens is 348 g/mol. The summed E-state index contributed by atoms with van der Waals surface area (Å²) in [5.41, 5.74) is 2.16. The minimum Gasteiger partial charge on any atom is -0.459 e. The van der Waals surface area contributed by atoms with Gasteiger partial charge in [-0.1, -0.05) is 37.5 Å². The molecular formula is C23H34N4O. The molecule has 2 aliphatic rings. The number of hydrogen-bond acceptors (Lipinski definition) is 3. The lowest BCUT2D eigenvalue weighted by Crippen LogP contribution is -2.50. The van der Waals surface area contributed by atoms with Crippen LogP contribution in [-0.2, 0) is 6.54 Å². The second-order valence-electron chi connectivity index (χ2n) is 8.32. The molecule has 1 aliphatic heterocycles. The van der Waals surface area contributed by atoms with Crippen LogP contribution in [0.3, 0.4) is 0 Å². The van der Waals surface area contributed by atoms with Gasteiger partial charge in [0.1, 0.15) is 11.3 Å². The zero-order valence-corrected chi connectivity index (χ0v) is 17.3. The van der Waals surface area contributed by atoms with Crippen LogP contribution in [0.5, 0.6) is 0 Å². The van der Waals surface area contributed by atoms with Crippen LogP contribution < -0.4 is 10.6 Å². The Morgan fingerprint density at radius 1 is 1.11 bits per heavy atom. The Hall–Kier alpha value is -2.01. The van der Waals surface area contributed by atoms with Crippen LogP contribution in [-0.4, -0.2) is 43.1 Å². The number of furan rings is 1. The molecule has 1 aromatic carbocycles. The molecule has 0 bridgehead atoms. The first kappa shape index (κ1) is 19.3. The summed E-state index contributed by atoms with van der Waals surface area (Å²) in [5.74, 6) is 1.85. The lowest BCUT2D eigenvalue weighted by molar-refractivity contribution is 0.119. The molecule has 1 saturated heterocycles. The second-order valence-corrected chi connectivity index (χ2v) is 8.32. The maximum absolute atomic E-state index is 6.01. The molecule has 1 saturated carbocycles. The van der Waals surface area contributed by atoms with Crippen LogP contribution in [0.25, 0.3) is 11.0 Å². The van der Waals surface area contributed by atoms with E-state index in [9.17, 15) is 0 Å². The monoisotopic (exact) mass is 382 g/mol. The molecule has 5 heteroatoms. The van der Waals surface area contributed by atoms with Gasteiger partial charge in [-0.3, -0.25) is 4.99 Å². The summed E-state index contributed by atoms with van der Waals surface area (Å²) < 4.78 is 6.01. The van der Waals surface area contributed by atoms with Crippen molar-refractivity contribution in [1.82, 2.24) is 15.5 Å². The molecule has 5 nitrogen and oxygen atoms in total. The highest BCUT2D eigenvalue weighted by Crippen LogP contribution is 2.26. The Kier molecular flexibility index (Phi) is 6.20. The Morgan fingerprint density at radius 3 is 2.57 bits per heavy atom. The number of fused-ring (bicyclic) bond motifs is 1. The second kappa shape index (κ2) is 8.99.